The maximum Gasteiger partial charge on any atom is 0.191 e. The number of rotatable bonds is 5. The van der Waals surface area contributed by atoms with Crippen LogP contribution in [0.25, 0.3) is 0 Å². The monoisotopic (exact) mass is 420 g/mol. The second-order valence-corrected chi connectivity index (χ2v) is 6.37. The molecule has 6 heteroatoms. The van der Waals surface area contributed by atoms with Gasteiger partial charge in [0.2, 0.25) is 0 Å². The van der Waals surface area contributed by atoms with Crippen molar-refractivity contribution in [2.45, 2.75) is 59.9 Å². The van der Waals surface area contributed by atoms with E-state index in [1.54, 1.807) is 0 Å². The molecule has 2 N–H and O–H groups in total. The van der Waals surface area contributed by atoms with Crippen LogP contribution in [0.3, 0.4) is 0 Å². The van der Waals surface area contributed by atoms with Gasteiger partial charge in [0, 0.05) is 18.7 Å². The Morgan fingerprint density at radius 3 is 2.50 bits per heavy atom. The molecule has 1 heterocycles. The van der Waals surface area contributed by atoms with E-state index in [9.17, 15) is 0 Å². The summed E-state index contributed by atoms with van der Waals surface area (Å²) in [6.45, 7) is 10.8. The molecule has 1 aliphatic carbocycles. The first-order chi connectivity index (χ1) is 10.0. The molecule has 1 aromatic heterocycles. The van der Waals surface area contributed by atoms with Gasteiger partial charge in [0.1, 0.15) is 5.76 Å². The van der Waals surface area contributed by atoms with E-state index in [4.69, 9.17) is 4.52 Å². The van der Waals surface area contributed by atoms with Gasteiger partial charge in [0.25, 0.3) is 0 Å². The number of hydrogen-bond donors (Lipinski definition) is 2. The fourth-order valence-corrected chi connectivity index (χ4v) is 2.93. The van der Waals surface area contributed by atoms with Gasteiger partial charge in [-0.2, -0.15) is 0 Å². The average Bonchev–Trinajstić information content (AvgIpc) is 3.02. The SMILES string of the molecule is CCNC(=NCc1c(C)noc1C)NCC1(C)CCCC1.I. The maximum atomic E-state index is 5.18. The number of halogens is 1. The highest BCUT2D eigenvalue weighted by molar-refractivity contribution is 14.0. The van der Waals surface area contributed by atoms with Gasteiger partial charge in [0.15, 0.2) is 5.96 Å². The van der Waals surface area contributed by atoms with Gasteiger partial charge in [-0.15, -0.1) is 24.0 Å². The number of aryl methyl sites for hydroxylation is 2. The van der Waals surface area contributed by atoms with Crippen LogP contribution in [-0.2, 0) is 6.54 Å². The van der Waals surface area contributed by atoms with E-state index in [0.29, 0.717) is 12.0 Å². The molecule has 5 nitrogen and oxygen atoms in total. The van der Waals surface area contributed by atoms with Crippen molar-refractivity contribution < 1.29 is 4.52 Å². The van der Waals surface area contributed by atoms with E-state index in [1.807, 2.05) is 13.8 Å². The molecule has 1 saturated carbocycles. The summed E-state index contributed by atoms with van der Waals surface area (Å²) in [4.78, 5) is 4.66. The van der Waals surface area contributed by atoms with Crippen molar-refractivity contribution in [3.05, 3.63) is 17.0 Å². The van der Waals surface area contributed by atoms with Crippen LogP contribution in [0.15, 0.2) is 9.52 Å². The van der Waals surface area contributed by atoms with Crippen LogP contribution in [0, 0.1) is 19.3 Å². The molecule has 0 bridgehead atoms. The minimum Gasteiger partial charge on any atom is -0.361 e. The predicted octanol–water partition coefficient (Wildman–Crippen LogP) is 3.54. The molecule has 2 rings (SSSR count). The Morgan fingerprint density at radius 1 is 1.27 bits per heavy atom. The molecule has 1 fully saturated rings. The van der Waals surface area contributed by atoms with Crippen molar-refractivity contribution in [2.24, 2.45) is 10.4 Å². The van der Waals surface area contributed by atoms with E-state index < -0.39 is 0 Å². The molecule has 0 saturated heterocycles. The van der Waals surface area contributed by atoms with Gasteiger partial charge in [-0.25, -0.2) is 4.99 Å². The number of aliphatic imine (C=N–C) groups is 1. The van der Waals surface area contributed by atoms with Crippen LogP contribution in [-0.4, -0.2) is 24.2 Å². The van der Waals surface area contributed by atoms with Gasteiger partial charge < -0.3 is 15.2 Å². The van der Waals surface area contributed by atoms with E-state index in [-0.39, 0.29) is 24.0 Å². The minimum atomic E-state index is 0. The molecule has 126 valence electrons. The van der Waals surface area contributed by atoms with Crippen molar-refractivity contribution in [1.82, 2.24) is 15.8 Å². The molecule has 0 radical (unpaired) electrons. The molecular formula is C16H29IN4O. The molecule has 0 aromatic carbocycles. The molecule has 0 atom stereocenters. The Kier molecular flexibility index (Phi) is 7.65. The smallest absolute Gasteiger partial charge is 0.191 e. The normalized spacial score (nSPS) is 17.2. The second-order valence-electron chi connectivity index (χ2n) is 6.37. The number of hydrogen-bond acceptors (Lipinski definition) is 3. The summed E-state index contributed by atoms with van der Waals surface area (Å²) in [5.74, 6) is 1.74. The summed E-state index contributed by atoms with van der Waals surface area (Å²) < 4.78 is 5.18. The van der Waals surface area contributed by atoms with Crippen LogP contribution in [0.1, 0.15) is 56.5 Å². The van der Waals surface area contributed by atoms with Crippen LogP contribution >= 0.6 is 24.0 Å². The molecule has 22 heavy (non-hydrogen) atoms. The lowest BCUT2D eigenvalue weighted by molar-refractivity contribution is 0.334. The third-order valence-corrected chi connectivity index (χ3v) is 4.41. The lowest BCUT2D eigenvalue weighted by Crippen LogP contribution is -2.42. The Balaban J connectivity index is 0.00000242. The highest BCUT2D eigenvalue weighted by Gasteiger charge is 2.28. The summed E-state index contributed by atoms with van der Waals surface area (Å²) in [5, 5.41) is 10.8. The second kappa shape index (κ2) is 8.74. The highest BCUT2D eigenvalue weighted by Crippen LogP contribution is 2.36. The zero-order chi connectivity index (χ0) is 15.3. The highest BCUT2D eigenvalue weighted by atomic mass is 127. The first kappa shape index (κ1) is 19.3. The molecule has 1 aliphatic rings. The largest absolute Gasteiger partial charge is 0.361 e. The summed E-state index contributed by atoms with van der Waals surface area (Å²) in [6.07, 6.45) is 5.32. The van der Waals surface area contributed by atoms with Gasteiger partial charge in [-0.3, -0.25) is 0 Å². The molecule has 1 aromatic rings. The Morgan fingerprint density at radius 2 is 1.95 bits per heavy atom. The standard InChI is InChI=1S/C16H28N4O.HI/c1-5-17-15(19-11-16(4)8-6-7-9-16)18-10-14-12(2)20-21-13(14)3;/h5-11H2,1-4H3,(H2,17,18,19);1H. The zero-order valence-corrected chi connectivity index (χ0v) is 16.5. The Hall–Kier alpha value is -0.790. The van der Waals surface area contributed by atoms with Gasteiger partial charge >= 0.3 is 0 Å². The predicted molar refractivity (Wildman–Crippen MR) is 101 cm³/mol. The van der Waals surface area contributed by atoms with Crippen LogP contribution in [0.5, 0.6) is 0 Å². The molecule has 0 amide bonds. The van der Waals surface area contributed by atoms with Gasteiger partial charge in [0.05, 0.1) is 12.2 Å². The minimum absolute atomic E-state index is 0. The topological polar surface area (TPSA) is 62.5 Å². The van der Waals surface area contributed by atoms with E-state index in [2.05, 4.69) is 34.6 Å². The van der Waals surface area contributed by atoms with Crippen molar-refractivity contribution in [3.63, 3.8) is 0 Å². The first-order valence-corrected chi connectivity index (χ1v) is 7.98. The van der Waals surface area contributed by atoms with Crippen molar-refractivity contribution in [3.8, 4) is 0 Å². The number of nitrogens with one attached hydrogen (secondary N) is 2. The summed E-state index contributed by atoms with van der Waals surface area (Å²) in [6, 6.07) is 0. The van der Waals surface area contributed by atoms with Gasteiger partial charge in [-0.05, 0) is 39.0 Å². The third kappa shape index (κ3) is 5.14. The van der Waals surface area contributed by atoms with E-state index >= 15 is 0 Å². The fourth-order valence-electron chi connectivity index (χ4n) is 2.93. The molecule has 0 aliphatic heterocycles. The summed E-state index contributed by atoms with van der Waals surface area (Å²) in [7, 11) is 0. The van der Waals surface area contributed by atoms with Crippen LogP contribution in [0.2, 0.25) is 0 Å². The average molecular weight is 420 g/mol. The quantitative estimate of drug-likeness (QED) is 0.435. The lowest BCUT2D eigenvalue weighted by Gasteiger charge is -2.25. The van der Waals surface area contributed by atoms with Crippen molar-refractivity contribution in [1.29, 1.82) is 0 Å². The fraction of sp³-hybridized carbons (Fsp3) is 0.750. The van der Waals surface area contributed by atoms with Crippen LogP contribution in [0.4, 0.5) is 0 Å². The molecular weight excluding hydrogens is 391 g/mol. The summed E-state index contributed by atoms with van der Waals surface area (Å²) >= 11 is 0. The number of nitrogens with zero attached hydrogens (tertiary/aromatic N) is 2. The van der Waals surface area contributed by atoms with E-state index in [0.717, 1.165) is 36.1 Å². The summed E-state index contributed by atoms with van der Waals surface area (Å²) in [5.41, 5.74) is 2.42. The third-order valence-electron chi connectivity index (χ3n) is 4.41. The number of guanidine groups is 1. The molecule has 0 spiro atoms. The molecule has 0 unspecified atom stereocenters. The zero-order valence-electron chi connectivity index (χ0n) is 14.2. The Labute approximate surface area is 150 Å². The lowest BCUT2D eigenvalue weighted by atomic mass is 9.89. The van der Waals surface area contributed by atoms with E-state index in [1.165, 1.54) is 25.7 Å². The maximum absolute atomic E-state index is 5.18. The van der Waals surface area contributed by atoms with Crippen molar-refractivity contribution >= 4 is 29.9 Å². The first-order valence-electron chi connectivity index (χ1n) is 7.98. The number of aromatic nitrogens is 1. The van der Waals surface area contributed by atoms with Crippen molar-refractivity contribution in [2.75, 3.05) is 13.1 Å². The Bertz CT molecular complexity index is 473. The van der Waals surface area contributed by atoms with Gasteiger partial charge in [-0.1, -0.05) is 24.9 Å². The van der Waals surface area contributed by atoms with Crippen LogP contribution < -0.4 is 10.6 Å².